The number of aromatic hydroxyl groups is 2. The highest BCUT2D eigenvalue weighted by atomic mass is 35.5. The first-order valence-corrected chi connectivity index (χ1v) is 21.9. The SMILES string of the molecule is CC(=O)c1cc(C(C)C)c(O)cc1O.CCC1CC(Nc2cccc(Sc3ncc(N4CCC(C)(N)CC4)nc3N)c2Cl)C1.CCCc1ccc(CC)cc1CC. The third-order valence-electron chi connectivity index (χ3n) is 11.0. The van der Waals surface area contributed by atoms with E-state index in [1.165, 1.54) is 74.9 Å². The number of Topliss-reactive ketones (excluding diaryl/α,β-unsaturated/α-hetero) is 1. The van der Waals surface area contributed by atoms with Crippen molar-refractivity contribution in [3.8, 4) is 11.5 Å². The predicted octanol–water partition coefficient (Wildman–Crippen LogP) is 11.0. The Kier molecular flexibility index (Phi) is 17.0. The van der Waals surface area contributed by atoms with Gasteiger partial charge in [-0.1, -0.05) is 102 Å². The molecule has 0 spiro atoms. The molecule has 57 heavy (non-hydrogen) atoms. The van der Waals surface area contributed by atoms with Crippen molar-refractivity contribution in [1.82, 2.24) is 9.97 Å². The van der Waals surface area contributed by atoms with Crippen molar-refractivity contribution in [2.75, 3.05) is 29.0 Å². The number of aryl methyl sites for hydroxylation is 3. The topological polar surface area (TPSA) is 151 Å². The van der Waals surface area contributed by atoms with Gasteiger partial charge in [-0.25, -0.2) is 9.97 Å². The summed E-state index contributed by atoms with van der Waals surface area (Å²) in [4.78, 5) is 23.4. The molecule has 2 fully saturated rings. The average molecular weight is 818 g/mol. The van der Waals surface area contributed by atoms with Gasteiger partial charge in [-0.3, -0.25) is 4.79 Å². The number of nitrogens with zero attached hydrogens (tertiary/aromatic N) is 3. The fraction of sp³-hybridized carbons (Fsp3) is 0.500. The minimum Gasteiger partial charge on any atom is -0.508 e. The Morgan fingerprint density at radius 1 is 1.02 bits per heavy atom. The summed E-state index contributed by atoms with van der Waals surface area (Å²) in [5, 5.41) is 23.9. The van der Waals surface area contributed by atoms with E-state index in [0.29, 0.717) is 27.5 Å². The Morgan fingerprint density at radius 2 is 1.72 bits per heavy atom. The minimum atomic E-state index is -0.204. The van der Waals surface area contributed by atoms with E-state index in [0.717, 1.165) is 54.7 Å². The summed E-state index contributed by atoms with van der Waals surface area (Å²) in [5.74, 6) is 1.85. The summed E-state index contributed by atoms with van der Waals surface area (Å²) in [6.07, 6.45) is 12.1. The number of phenols is 2. The molecule has 0 unspecified atom stereocenters. The molecule has 1 aliphatic carbocycles. The number of phenolic OH excluding ortho intramolecular Hbond substituents is 2. The number of benzene rings is 3. The van der Waals surface area contributed by atoms with Crippen molar-refractivity contribution in [3.05, 3.63) is 87.6 Å². The van der Waals surface area contributed by atoms with Crippen molar-refractivity contribution in [3.63, 3.8) is 0 Å². The van der Waals surface area contributed by atoms with E-state index in [4.69, 9.17) is 23.1 Å². The molecule has 1 saturated carbocycles. The van der Waals surface area contributed by atoms with Gasteiger partial charge in [0, 0.05) is 35.6 Å². The largest absolute Gasteiger partial charge is 0.508 e. The van der Waals surface area contributed by atoms with Crippen LogP contribution in [0.4, 0.5) is 17.3 Å². The zero-order valence-corrected chi connectivity index (χ0v) is 36.9. The second-order valence-electron chi connectivity index (χ2n) is 16.1. The van der Waals surface area contributed by atoms with Crippen molar-refractivity contribution in [2.45, 2.75) is 141 Å². The summed E-state index contributed by atoms with van der Waals surface area (Å²) < 4.78 is 0. The number of nitrogens with two attached hydrogens (primary N) is 2. The molecule has 2 heterocycles. The molecule has 7 N–H and O–H groups in total. The summed E-state index contributed by atoms with van der Waals surface area (Å²) in [6, 6.07) is 16.2. The van der Waals surface area contributed by atoms with E-state index in [2.05, 4.69) is 73.0 Å². The van der Waals surface area contributed by atoms with Gasteiger partial charge in [0.2, 0.25) is 0 Å². The van der Waals surface area contributed by atoms with Gasteiger partial charge in [0.15, 0.2) is 11.6 Å². The normalized spacial score (nSPS) is 17.1. The molecule has 1 aromatic heterocycles. The van der Waals surface area contributed by atoms with E-state index < -0.39 is 0 Å². The summed E-state index contributed by atoms with van der Waals surface area (Å²) in [6.45, 7) is 18.0. The number of nitrogen functional groups attached to an aromatic ring is 1. The van der Waals surface area contributed by atoms with Gasteiger partial charge in [-0.2, -0.15) is 0 Å². The van der Waals surface area contributed by atoms with Gasteiger partial charge in [-0.15, -0.1) is 0 Å². The Bertz CT molecular complexity index is 1940. The van der Waals surface area contributed by atoms with Crippen LogP contribution in [0.5, 0.6) is 11.5 Å². The first kappa shape index (κ1) is 45.7. The number of aromatic nitrogens is 2. The summed E-state index contributed by atoms with van der Waals surface area (Å²) in [7, 11) is 0. The van der Waals surface area contributed by atoms with Crippen molar-refractivity contribution in [2.24, 2.45) is 11.7 Å². The monoisotopic (exact) mass is 816 g/mol. The predicted molar refractivity (Wildman–Crippen MR) is 240 cm³/mol. The van der Waals surface area contributed by atoms with Crippen LogP contribution < -0.4 is 21.7 Å². The zero-order chi connectivity index (χ0) is 41.9. The molecule has 0 amide bonds. The average Bonchev–Trinajstić information content (AvgIpc) is 3.15. The molecule has 6 rings (SSSR count). The van der Waals surface area contributed by atoms with Crippen LogP contribution in [0.1, 0.15) is 132 Å². The van der Waals surface area contributed by atoms with Crippen LogP contribution in [0, 0.1) is 5.92 Å². The highest BCUT2D eigenvalue weighted by Gasteiger charge is 2.29. The van der Waals surface area contributed by atoms with Crippen LogP contribution in [0.3, 0.4) is 0 Å². The van der Waals surface area contributed by atoms with Crippen LogP contribution >= 0.6 is 23.4 Å². The number of hydrogen-bond donors (Lipinski definition) is 5. The molecule has 2 aliphatic rings. The third-order valence-corrected chi connectivity index (χ3v) is 12.6. The fourth-order valence-corrected chi connectivity index (χ4v) is 8.26. The first-order valence-electron chi connectivity index (χ1n) is 20.7. The number of nitrogens with one attached hydrogen (secondary N) is 1. The van der Waals surface area contributed by atoms with Gasteiger partial charge in [-0.05, 0) is 111 Å². The number of ketones is 1. The Labute approximate surface area is 350 Å². The fourth-order valence-electron chi connectivity index (χ4n) is 7.15. The molecule has 0 bridgehead atoms. The Hall–Kier alpha value is -3.99. The third kappa shape index (κ3) is 12.7. The van der Waals surface area contributed by atoms with E-state index in [1.807, 2.05) is 32.0 Å². The lowest BCUT2D eigenvalue weighted by atomic mass is 9.78. The smallest absolute Gasteiger partial charge is 0.163 e. The summed E-state index contributed by atoms with van der Waals surface area (Å²) in [5.41, 5.74) is 18.8. The molecule has 9 nitrogen and oxygen atoms in total. The molecule has 0 radical (unpaired) electrons. The van der Waals surface area contributed by atoms with Crippen molar-refractivity contribution < 1.29 is 15.0 Å². The van der Waals surface area contributed by atoms with Crippen molar-refractivity contribution >= 4 is 46.5 Å². The molecule has 0 atom stereocenters. The van der Waals surface area contributed by atoms with E-state index in [-0.39, 0.29) is 34.3 Å². The molecular weight excluding hydrogens is 752 g/mol. The van der Waals surface area contributed by atoms with Gasteiger partial charge in [0.05, 0.1) is 22.5 Å². The molecule has 310 valence electrons. The van der Waals surface area contributed by atoms with Crippen LogP contribution in [-0.4, -0.2) is 50.6 Å². The Balaban J connectivity index is 0.000000221. The van der Waals surface area contributed by atoms with E-state index in [9.17, 15) is 15.0 Å². The van der Waals surface area contributed by atoms with Crippen LogP contribution in [0.25, 0.3) is 0 Å². The van der Waals surface area contributed by atoms with Gasteiger partial charge in [0.1, 0.15) is 22.3 Å². The van der Waals surface area contributed by atoms with Gasteiger partial charge >= 0.3 is 0 Å². The number of carbonyl (C=O) groups excluding carboxylic acids is 1. The van der Waals surface area contributed by atoms with E-state index in [1.54, 1.807) is 17.3 Å². The number of piperidine rings is 1. The second kappa shape index (κ2) is 21.1. The van der Waals surface area contributed by atoms with Crippen LogP contribution in [0.15, 0.2) is 64.6 Å². The molecule has 11 heteroatoms. The van der Waals surface area contributed by atoms with Crippen LogP contribution in [-0.2, 0) is 19.3 Å². The lowest BCUT2D eigenvalue weighted by Gasteiger charge is -2.37. The maximum atomic E-state index is 11.1. The number of rotatable bonds is 12. The number of anilines is 3. The maximum absolute atomic E-state index is 11.1. The quantitative estimate of drug-likeness (QED) is 0.0874. The standard InChI is InChI=1S/C22H31ClN6S.C13H20.C11H14O3/c1-3-14-11-15(12-14)27-16-5-4-6-17(19(16)23)30-21-20(24)28-18(13-26-21)29-9-7-22(2,25)8-10-29;1-4-7-13-9-8-11(5-2)10-12(13)6-3;1-6(2)8-4-9(7(3)12)11(14)5-10(8)13/h4-6,13-15,27H,3,7-12,25H2,1-2H3,(H2,24,28);8-10H,4-7H2,1-3H3;4-6,13-14H,1-3H3. The van der Waals surface area contributed by atoms with Gasteiger partial charge in [0.25, 0.3) is 0 Å². The molecule has 1 aliphatic heterocycles. The summed E-state index contributed by atoms with van der Waals surface area (Å²) >= 11 is 8.15. The molecular formula is C46H65ClN6O3S. The molecule has 4 aromatic rings. The second-order valence-corrected chi connectivity index (χ2v) is 17.5. The number of halogens is 1. The molecule has 1 saturated heterocycles. The van der Waals surface area contributed by atoms with Crippen molar-refractivity contribution in [1.29, 1.82) is 0 Å². The first-order chi connectivity index (χ1) is 27.1. The van der Waals surface area contributed by atoms with Gasteiger partial charge < -0.3 is 31.9 Å². The lowest BCUT2D eigenvalue weighted by molar-refractivity contribution is 0.101. The van der Waals surface area contributed by atoms with E-state index >= 15 is 0 Å². The Morgan fingerprint density at radius 3 is 2.30 bits per heavy atom. The maximum Gasteiger partial charge on any atom is 0.163 e. The highest BCUT2D eigenvalue weighted by molar-refractivity contribution is 7.99. The number of carbonyl (C=O) groups is 1. The highest BCUT2D eigenvalue weighted by Crippen LogP contribution is 2.41. The zero-order valence-electron chi connectivity index (χ0n) is 35.3. The molecule has 3 aromatic carbocycles. The van der Waals surface area contributed by atoms with Crippen LogP contribution in [0.2, 0.25) is 5.02 Å². The lowest BCUT2D eigenvalue weighted by Crippen LogP contribution is -2.48. The minimum absolute atomic E-state index is 0.0301. The number of hydrogen-bond acceptors (Lipinski definition) is 10.